The van der Waals surface area contributed by atoms with Gasteiger partial charge < -0.3 is 9.47 Å². The zero-order valence-corrected chi connectivity index (χ0v) is 12.0. The smallest absolute Gasteiger partial charge is 0.374 e. The van der Waals surface area contributed by atoms with Crippen LogP contribution in [0, 0.1) is 0 Å². The first-order valence-electron chi connectivity index (χ1n) is 7.17. The van der Waals surface area contributed by atoms with E-state index in [1.54, 1.807) is 6.08 Å². The Kier molecular flexibility index (Phi) is 4.35. The topological polar surface area (TPSA) is 35.5 Å². The first-order valence-corrected chi connectivity index (χ1v) is 7.17. The van der Waals surface area contributed by atoms with Gasteiger partial charge in [-0.3, -0.25) is 0 Å². The van der Waals surface area contributed by atoms with E-state index in [2.05, 4.69) is 0 Å². The van der Waals surface area contributed by atoms with Crippen LogP contribution in [0.5, 0.6) is 0 Å². The van der Waals surface area contributed by atoms with Gasteiger partial charge in [-0.2, -0.15) is 0 Å². The second kappa shape index (κ2) is 6.76. The summed E-state index contributed by atoms with van der Waals surface area (Å²) in [6, 6.07) is 19.4. The summed E-state index contributed by atoms with van der Waals surface area (Å²) in [7, 11) is 0. The maximum atomic E-state index is 12.3. The number of esters is 1. The van der Waals surface area contributed by atoms with Crippen molar-refractivity contribution in [3.8, 4) is 0 Å². The Morgan fingerprint density at radius 1 is 0.955 bits per heavy atom. The highest BCUT2D eigenvalue weighted by Crippen LogP contribution is 2.27. The molecule has 1 heterocycles. The van der Waals surface area contributed by atoms with Gasteiger partial charge in [-0.25, -0.2) is 4.79 Å². The molecular weight excluding hydrogens is 276 g/mol. The number of hydrogen-bond acceptors (Lipinski definition) is 3. The predicted molar refractivity (Wildman–Crippen MR) is 83.7 cm³/mol. The molecule has 0 aromatic heterocycles. The summed E-state index contributed by atoms with van der Waals surface area (Å²) in [6.07, 6.45) is 5.28. The number of rotatable bonds is 4. The van der Waals surface area contributed by atoms with Crippen molar-refractivity contribution in [1.82, 2.24) is 0 Å². The molecule has 0 spiro atoms. The van der Waals surface area contributed by atoms with E-state index in [0.29, 0.717) is 6.42 Å². The van der Waals surface area contributed by atoms with Gasteiger partial charge in [0.05, 0.1) is 6.26 Å². The van der Waals surface area contributed by atoms with E-state index >= 15 is 0 Å². The minimum absolute atomic E-state index is 0.236. The third-order valence-electron chi connectivity index (χ3n) is 3.36. The second-order valence-corrected chi connectivity index (χ2v) is 4.90. The third-order valence-corrected chi connectivity index (χ3v) is 3.36. The third kappa shape index (κ3) is 3.26. The zero-order valence-electron chi connectivity index (χ0n) is 12.0. The van der Waals surface area contributed by atoms with E-state index < -0.39 is 12.1 Å². The van der Waals surface area contributed by atoms with Crippen molar-refractivity contribution in [3.05, 3.63) is 96.0 Å². The Hall–Kier alpha value is -2.81. The van der Waals surface area contributed by atoms with Gasteiger partial charge >= 0.3 is 5.97 Å². The van der Waals surface area contributed by atoms with E-state index in [1.807, 2.05) is 66.7 Å². The van der Waals surface area contributed by atoms with E-state index in [9.17, 15) is 4.79 Å². The maximum absolute atomic E-state index is 12.3. The number of allylic oxidation sites excluding steroid dienone is 2. The normalized spacial score (nSPS) is 13.4. The van der Waals surface area contributed by atoms with Gasteiger partial charge in [-0.15, -0.1) is 0 Å². The summed E-state index contributed by atoms with van der Waals surface area (Å²) in [6.45, 7) is 0. The van der Waals surface area contributed by atoms with E-state index in [-0.39, 0.29) is 5.76 Å². The monoisotopic (exact) mass is 292 g/mol. The molecule has 0 unspecified atom stereocenters. The Morgan fingerprint density at radius 3 is 2.05 bits per heavy atom. The van der Waals surface area contributed by atoms with Crippen LogP contribution in [0.3, 0.4) is 0 Å². The van der Waals surface area contributed by atoms with E-state index in [4.69, 9.17) is 9.47 Å². The molecule has 0 bridgehead atoms. The highest BCUT2D eigenvalue weighted by molar-refractivity contribution is 5.87. The van der Waals surface area contributed by atoms with Crippen LogP contribution < -0.4 is 0 Å². The van der Waals surface area contributed by atoms with Gasteiger partial charge in [-0.05, 0) is 29.7 Å². The molecule has 0 aliphatic carbocycles. The van der Waals surface area contributed by atoms with Gasteiger partial charge in [0.2, 0.25) is 5.76 Å². The molecule has 110 valence electrons. The van der Waals surface area contributed by atoms with Crippen molar-refractivity contribution < 1.29 is 14.3 Å². The Labute approximate surface area is 129 Å². The molecule has 3 heteroatoms. The fourth-order valence-electron chi connectivity index (χ4n) is 2.28. The van der Waals surface area contributed by atoms with E-state index in [1.165, 1.54) is 6.26 Å². The summed E-state index contributed by atoms with van der Waals surface area (Å²) in [5, 5.41) is 0. The van der Waals surface area contributed by atoms with Gasteiger partial charge in [0.1, 0.15) is 0 Å². The van der Waals surface area contributed by atoms with Crippen molar-refractivity contribution >= 4 is 5.97 Å². The molecule has 0 radical (unpaired) electrons. The van der Waals surface area contributed by atoms with Gasteiger partial charge in [0.25, 0.3) is 0 Å². The highest BCUT2D eigenvalue weighted by Gasteiger charge is 2.22. The fraction of sp³-hybridized carbons (Fsp3) is 0.105. The summed E-state index contributed by atoms with van der Waals surface area (Å²) in [5.74, 6) is -0.221. The first-order chi connectivity index (χ1) is 10.8. The van der Waals surface area contributed by atoms with Crippen LogP contribution in [0.15, 0.2) is 84.8 Å². The van der Waals surface area contributed by atoms with Gasteiger partial charge in [0, 0.05) is 0 Å². The lowest BCUT2D eigenvalue weighted by Crippen LogP contribution is -2.16. The van der Waals surface area contributed by atoms with Crippen LogP contribution in [0.1, 0.15) is 23.7 Å². The largest absolute Gasteiger partial charge is 0.458 e. The molecule has 22 heavy (non-hydrogen) atoms. The number of benzene rings is 2. The first kappa shape index (κ1) is 14.1. The molecule has 0 saturated carbocycles. The van der Waals surface area contributed by atoms with Crippen LogP contribution in [0.4, 0.5) is 0 Å². The summed E-state index contributed by atoms with van der Waals surface area (Å²) < 4.78 is 10.9. The van der Waals surface area contributed by atoms with Crippen LogP contribution in [0.25, 0.3) is 0 Å². The van der Waals surface area contributed by atoms with Crippen molar-refractivity contribution in [1.29, 1.82) is 0 Å². The molecule has 0 atom stereocenters. The number of hydrogen-bond donors (Lipinski definition) is 0. The van der Waals surface area contributed by atoms with Gasteiger partial charge in [-0.1, -0.05) is 60.7 Å². The van der Waals surface area contributed by atoms with Crippen molar-refractivity contribution in [3.63, 3.8) is 0 Å². The quantitative estimate of drug-likeness (QED) is 0.795. The Morgan fingerprint density at radius 2 is 1.55 bits per heavy atom. The summed E-state index contributed by atoms with van der Waals surface area (Å²) >= 11 is 0. The lowest BCUT2D eigenvalue weighted by atomic mass is 10.0. The number of ether oxygens (including phenoxy) is 2. The average Bonchev–Trinajstić information content (AvgIpc) is 2.62. The predicted octanol–water partition coefficient (Wildman–Crippen LogP) is 4.14. The number of carbonyl (C=O) groups excluding carboxylic acids is 1. The molecule has 3 rings (SSSR count). The average molecular weight is 292 g/mol. The van der Waals surface area contributed by atoms with Crippen molar-refractivity contribution in [2.24, 2.45) is 0 Å². The van der Waals surface area contributed by atoms with Crippen molar-refractivity contribution in [2.45, 2.75) is 12.5 Å². The number of carbonyl (C=O) groups is 1. The maximum Gasteiger partial charge on any atom is 0.374 e. The van der Waals surface area contributed by atoms with Crippen LogP contribution in [0.2, 0.25) is 0 Å². The van der Waals surface area contributed by atoms with Crippen LogP contribution in [-0.2, 0) is 14.3 Å². The molecule has 1 aliphatic heterocycles. The van der Waals surface area contributed by atoms with Crippen LogP contribution in [-0.4, -0.2) is 5.97 Å². The minimum Gasteiger partial charge on any atom is -0.458 e. The summed E-state index contributed by atoms with van der Waals surface area (Å²) in [4.78, 5) is 12.3. The SMILES string of the molecule is O=C(OC(c1ccccc1)c1ccccc1)C1=CCC=CO1. The Bertz CT molecular complexity index is 648. The second-order valence-electron chi connectivity index (χ2n) is 4.90. The zero-order chi connectivity index (χ0) is 15.2. The molecular formula is C19H16O3. The van der Waals surface area contributed by atoms with E-state index in [0.717, 1.165) is 11.1 Å². The molecule has 3 nitrogen and oxygen atoms in total. The molecule has 0 fully saturated rings. The Balaban J connectivity index is 1.86. The molecule has 0 N–H and O–H groups in total. The lowest BCUT2D eigenvalue weighted by molar-refractivity contribution is -0.146. The molecule has 2 aromatic carbocycles. The minimum atomic E-state index is -0.456. The van der Waals surface area contributed by atoms with Crippen molar-refractivity contribution in [2.75, 3.05) is 0 Å². The molecule has 1 aliphatic rings. The highest BCUT2D eigenvalue weighted by atomic mass is 16.6. The molecule has 2 aromatic rings. The van der Waals surface area contributed by atoms with Gasteiger partial charge in [0.15, 0.2) is 6.10 Å². The molecule has 0 saturated heterocycles. The molecule has 0 amide bonds. The standard InChI is InChI=1S/C19H16O3/c20-19(17-13-7-8-14-21-17)22-18(15-9-3-1-4-10-15)16-11-5-2-6-12-16/h1-6,8-14,18H,7H2. The van der Waals surface area contributed by atoms with Crippen LogP contribution >= 0.6 is 0 Å². The fourth-order valence-corrected chi connectivity index (χ4v) is 2.28. The lowest BCUT2D eigenvalue weighted by Gasteiger charge is -2.20. The summed E-state index contributed by atoms with van der Waals surface area (Å²) in [5.41, 5.74) is 1.85.